The van der Waals surface area contributed by atoms with E-state index in [1.807, 2.05) is 25.1 Å². The molecule has 1 aromatic heterocycles. The fourth-order valence-electron chi connectivity index (χ4n) is 2.06. The van der Waals surface area contributed by atoms with Crippen LogP contribution in [-0.4, -0.2) is 38.3 Å². The number of carbonyl (C=O) groups is 1. The van der Waals surface area contributed by atoms with Gasteiger partial charge in [0, 0.05) is 25.4 Å². The first-order valence-electron chi connectivity index (χ1n) is 7.29. The number of ether oxygens (including phenoxy) is 2. The lowest BCUT2D eigenvalue weighted by atomic mass is 10.2. The van der Waals surface area contributed by atoms with Crippen LogP contribution in [-0.2, 0) is 4.74 Å². The molecule has 0 unspecified atom stereocenters. The third-order valence-electron chi connectivity index (χ3n) is 3.24. The molecule has 0 aliphatic heterocycles. The van der Waals surface area contributed by atoms with Gasteiger partial charge in [-0.15, -0.1) is 0 Å². The molecule has 0 aliphatic carbocycles. The number of aromatic nitrogens is 1. The summed E-state index contributed by atoms with van der Waals surface area (Å²) in [5, 5.41) is 5.96. The van der Waals surface area contributed by atoms with E-state index >= 15 is 0 Å². The van der Waals surface area contributed by atoms with Crippen LogP contribution in [0.25, 0.3) is 0 Å². The Morgan fingerprint density at radius 1 is 1.22 bits per heavy atom. The Kier molecular flexibility index (Phi) is 5.94. The van der Waals surface area contributed by atoms with Gasteiger partial charge in [-0.3, -0.25) is 4.79 Å². The largest absolute Gasteiger partial charge is 0.495 e. The maximum Gasteiger partial charge on any atom is 0.255 e. The van der Waals surface area contributed by atoms with Crippen molar-refractivity contribution in [1.82, 2.24) is 4.98 Å². The van der Waals surface area contributed by atoms with Gasteiger partial charge in [-0.1, -0.05) is 6.07 Å². The van der Waals surface area contributed by atoms with Gasteiger partial charge in [0.1, 0.15) is 11.6 Å². The lowest BCUT2D eigenvalue weighted by Gasteiger charge is -2.11. The Bertz CT molecular complexity index is 674. The van der Waals surface area contributed by atoms with Crippen molar-refractivity contribution in [2.45, 2.75) is 6.92 Å². The van der Waals surface area contributed by atoms with Crippen LogP contribution in [0.3, 0.4) is 0 Å². The van der Waals surface area contributed by atoms with Crippen molar-refractivity contribution < 1.29 is 14.3 Å². The number of methoxy groups -OCH3 is 2. The first-order valence-corrected chi connectivity index (χ1v) is 7.29. The molecule has 23 heavy (non-hydrogen) atoms. The average molecular weight is 315 g/mol. The monoisotopic (exact) mass is 315 g/mol. The van der Waals surface area contributed by atoms with E-state index in [0.717, 1.165) is 5.56 Å². The molecule has 1 amide bonds. The lowest BCUT2D eigenvalue weighted by Crippen LogP contribution is -2.14. The van der Waals surface area contributed by atoms with Crippen molar-refractivity contribution in [2.24, 2.45) is 0 Å². The van der Waals surface area contributed by atoms with E-state index < -0.39 is 0 Å². The van der Waals surface area contributed by atoms with Crippen LogP contribution in [0.4, 0.5) is 11.5 Å². The number of nitrogens with zero attached hydrogens (tertiary/aromatic N) is 1. The Morgan fingerprint density at radius 2 is 2.04 bits per heavy atom. The summed E-state index contributed by atoms with van der Waals surface area (Å²) < 4.78 is 10.2. The normalized spacial score (nSPS) is 10.2. The van der Waals surface area contributed by atoms with E-state index in [1.54, 1.807) is 32.5 Å². The number of carbonyl (C=O) groups excluding carboxylic acids is 1. The van der Waals surface area contributed by atoms with Crippen molar-refractivity contribution in [1.29, 1.82) is 0 Å². The molecule has 2 aromatic rings. The molecule has 0 saturated heterocycles. The number of hydrogen-bond donors (Lipinski definition) is 2. The second kappa shape index (κ2) is 8.14. The number of benzene rings is 1. The molecule has 1 heterocycles. The number of nitrogens with one attached hydrogen (secondary N) is 2. The first kappa shape index (κ1) is 16.8. The number of amides is 1. The Morgan fingerprint density at radius 3 is 2.78 bits per heavy atom. The van der Waals surface area contributed by atoms with Gasteiger partial charge in [-0.2, -0.15) is 0 Å². The van der Waals surface area contributed by atoms with Crippen molar-refractivity contribution in [3.63, 3.8) is 0 Å². The number of aryl methyl sites for hydroxylation is 1. The van der Waals surface area contributed by atoms with E-state index in [2.05, 4.69) is 15.6 Å². The minimum Gasteiger partial charge on any atom is -0.495 e. The summed E-state index contributed by atoms with van der Waals surface area (Å²) in [5.41, 5.74) is 2.20. The third kappa shape index (κ3) is 4.69. The van der Waals surface area contributed by atoms with Crippen LogP contribution in [0.1, 0.15) is 15.9 Å². The van der Waals surface area contributed by atoms with E-state index in [4.69, 9.17) is 9.47 Å². The zero-order valence-electron chi connectivity index (χ0n) is 13.6. The molecular weight excluding hydrogens is 294 g/mol. The summed E-state index contributed by atoms with van der Waals surface area (Å²) >= 11 is 0. The number of rotatable bonds is 7. The Balaban J connectivity index is 2.11. The van der Waals surface area contributed by atoms with Gasteiger partial charge in [-0.05, 0) is 36.8 Å². The maximum absolute atomic E-state index is 12.4. The summed E-state index contributed by atoms with van der Waals surface area (Å²) in [7, 11) is 3.21. The molecule has 0 radical (unpaired) electrons. The molecule has 0 saturated carbocycles. The lowest BCUT2D eigenvalue weighted by molar-refractivity contribution is 0.102. The molecule has 122 valence electrons. The van der Waals surface area contributed by atoms with Gasteiger partial charge in [0.05, 0.1) is 19.4 Å². The highest BCUT2D eigenvalue weighted by molar-refractivity contribution is 6.05. The van der Waals surface area contributed by atoms with Crippen LogP contribution < -0.4 is 15.4 Å². The second-order valence-electron chi connectivity index (χ2n) is 5.01. The number of hydrogen-bond acceptors (Lipinski definition) is 5. The smallest absolute Gasteiger partial charge is 0.255 e. The van der Waals surface area contributed by atoms with E-state index in [0.29, 0.717) is 36.0 Å². The second-order valence-corrected chi connectivity index (χ2v) is 5.01. The predicted octanol–water partition coefficient (Wildman–Crippen LogP) is 2.71. The van der Waals surface area contributed by atoms with Crippen LogP contribution in [0, 0.1) is 6.92 Å². The van der Waals surface area contributed by atoms with E-state index in [1.165, 1.54) is 0 Å². The molecule has 0 fully saturated rings. The molecule has 0 spiro atoms. The summed E-state index contributed by atoms with van der Waals surface area (Å²) in [5.74, 6) is 1.04. The zero-order valence-corrected chi connectivity index (χ0v) is 13.6. The third-order valence-corrected chi connectivity index (χ3v) is 3.24. The van der Waals surface area contributed by atoms with Gasteiger partial charge in [-0.25, -0.2) is 4.98 Å². The summed E-state index contributed by atoms with van der Waals surface area (Å²) in [6.45, 7) is 3.15. The summed E-state index contributed by atoms with van der Waals surface area (Å²) in [4.78, 5) is 16.6. The number of pyridine rings is 1. The van der Waals surface area contributed by atoms with Crippen molar-refractivity contribution in [2.75, 3.05) is 38.0 Å². The van der Waals surface area contributed by atoms with Gasteiger partial charge in [0.25, 0.3) is 5.91 Å². The highest BCUT2D eigenvalue weighted by Gasteiger charge is 2.11. The standard InChI is InChI=1S/C17H21N3O3/c1-12-4-5-15(23-3)14(10-12)20-17(21)13-6-7-18-16(11-13)19-8-9-22-2/h4-7,10-11H,8-9H2,1-3H3,(H,18,19)(H,20,21). The molecule has 2 rings (SSSR count). The molecule has 0 bridgehead atoms. The van der Waals surface area contributed by atoms with Crippen LogP contribution in [0.2, 0.25) is 0 Å². The van der Waals surface area contributed by atoms with Crippen LogP contribution in [0.5, 0.6) is 5.75 Å². The first-order chi connectivity index (χ1) is 11.1. The molecule has 1 aromatic carbocycles. The maximum atomic E-state index is 12.4. The fourth-order valence-corrected chi connectivity index (χ4v) is 2.06. The van der Waals surface area contributed by atoms with Crippen molar-refractivity contribution >= 4 is 17.4 Å². The molecule has 6 nitrogen and oxygen atoms in total. The van der Waals surface area contributed by atoms with Crippen LogP contribution >= 0.6 is 0 Å². The van der Waals surface area contributed by atoms with Crippen molar-refractivity contribution in [3.05, 3.63) is 47.7 Å². The zero-order chi connectivity index (χ0) is 16.7. The van der Waals surface area contributed by atoms with Gasteiger partial charge in [0.2, 0.25) is 0 Å². The van der Waals surface area contributed by atoms with E-state index in [-0.39, 0.29) is 5.91 Å². The molecule has 2 N–H and O–H groups in total. The quantitative estimate of drug-likeness (QED) is 0.769. The molecular formula is C17H21N3O3. The minimum atomic E-state index is -0.217. The predicted molar refractivity (Wildman–Crippen MR) is 90.3 cm³/mol. The minimum absolute atomic E-state index is 0.217. The highest BCUT2D eigenvalue weighted by atomic mass is 16.5. The summed E-state index contributed by atoms with van der Waals surface area (Å²) in [6, 6.07) is 9.00. The average Bonchev–Trinajstić information content (AvgIpc) is 2.55. The SMILES string of the molecule is COCCNc1cc(C(=O)Nc2cc(C)ccc2OC)ccn1. The van der Waals surface area contributed by atoms with Gasteiger partial charge >= 0.3 is 0 Å². The van der Waals surface area contributed by atoms with Gasteiger partial charge < -0.3 is 20.1 Å². The molecule has 6 heteroatoms. The fraction of sp³-hybridized carbons (Fsp3) is 0.294. The topological polar surface area (TPSA) is 72.5 Å². The van der Waals surface area contributed by atoms with Gasteiger partial charge in [0.15, 0.2) is 0 Å². The summed E-state index contributed by atoms with van der Waals surface area (Å²) in [6.07, 6.45) is 1.59. The highest BCUT2D eigenvalue weighted by Crippen LogP contribution is 2.25. The Labute approximate surface area is 135 Å². The molecule has 0 aliphatic rings. The van der Waals surface area contributed by atoms with Crippen molar-refractivity contribution in [3.8, 4) is 5.75 Å². The van der Waals surface area contributed by atoms with Crippen LogP contribution in [0.15, 0.2) is 36.5 Å². The Hall–Kier alpha value is -2.60. The molecule has 0 atom stereocenters. The number of anilines is 2. The van der Waals surface area contributed by atoms with E-state index in [9.17, 15) is 4.79 Å².